The minimum absolute atomic E-state index is 1.04. The zero-order valence-electron chi connectivity index (χ0n) is 6.91. The van der Waals surface area contributed by atoms with Crippen LogP contribution >= 0.6 is 0 Å². The zero-order valence-corrected chi connectivity index (χ0v) is 6.91. The highest BCUT2D eigenvalue weighted by Crippen LogP contribution is 1.83. The highest BCUT2D eigenvalue weighted by Gasteiger charge is 1.87. The number of pyridine rings is 1. The van der Waals surface area contributed by atoms with Gasteiger partial charge in [0.25, 0.3) is 0 Å². The zero-order chi connectivity index (χ0) is 8.39. The van der Waals surface area contributed by atoms with Crippen molar-refractivity contribution in [3.8, 4) is 0 Å². The molecule has 1 aromatic heterocycles. The Hall–Kier alpha value is -1.59. The first kappa shape index (κ1) is 7.08. The Morgan fingerprint density at radius 2 is 2.25 bits per heavy atom. The van der Waals surface area contributed by atoms with Crippen molar-refractivity contribution in [1.29, 1.82) is 0 Å². The van der Waals surface area contributed by atoms with E-state index in [1.165, 1.54) is 5.22 Å². The van der Waals surface area contributed by atoms with Crippen molar-refractivity contribution in [3.05, 3.63) is 46.6 Å². The molecule has 1 heterocycles. The van der Waals surface area contributed by atoms with E-state index in [2.05, 4.69) is 22.9 Å². The maximum atomic E-state index is 4.20. The van der Waals surface area contributed by atoms with Crippen molar-refractivity contribution in [2.75, 3.05) is 0 Å². The number of nitrogens with zero attached hydrogens (tertiary/aromatic N) is 1. The second kappa shape index (κ2) is 2.80. The van der Waals surface area contributed by atoms with Crippen LogP contribution in [0.4, 0.5) is 0 Å². The number of hydrogen-bond donors (Lipinski definition) is 0. The van der Waals surface area contributed by atoms with Gasteiger partial charge in [-0.15, -0.1) is 5.73 Å². The Balaban J connectivity index is 2.94. The van der Waals surface area contributed by atoms with Crippen molar-refractivity contribution in [1.82, 2.24) is 4.98 Å². The molecule has 58 valence electrons. The SMILES string of the molecule is Cc1cc2c(cn1)=C=CC=CC=2. The summed E-state index contributed by atoms with van der Waals surface area (Å²) in [5, 5.41) is 2.25. The van der Waals surface area contributed by atoms with E-state index in [1.54, 1.807) is 0 Å². The quantitative estimate of drug-likeness (QED) is 0.537. The lowest BCUT2D eigenvalue weighted by Gasteiger charge is -1.89. The molecule has 0 unspecified atom stereocenters. The summed E-state index contributed by atoms with van der Waals surface area (Å²) >= 11 is 0. The van der Waals surface area contributed by atoms with E-state index in [0.717, 1.165) is 10.9 Å². The number of aromatic nitrogens is 1. The van der Waals surface area contributed by atoms with E-state index in [1.807, 2.05) is 31.3 Å². The van der Waals surface area contributed by atoms with Crippen molar-refractivity contribution in [2.24, 2.45) is 0 Å². The maximum absolute atomic E-state index is 4.20. The minimum atomic E-state index is 1.04. The summed E-state index contributed by atoms with van der Waals surface area (Å²) in [5.41, 5.74) is 4.19. The highest BCUT2D eigenvalue weighted by atomic mass is 14.6. The third-order valence-electron chi connectivity index (χ3n) is 1.79. The van der Waals surface area contributed by atoms with Crippen molar-refractivity contribution < 1.29 is 0 Å². The van der Waals surface area contributed by atoms with Crippen molar-refractivity contribution in [2.45, 2.75) is 6.92 Å². The van der Waals surface area contributed by atoms with Gasteiger partial charge in [-0.3, -0.25) is 4.98 Å². The summed E-state index contributed by atoms with van der Waals surface area (Å²) in [6, 6.07) is 2.06. The molecule has 1 aromatic rings. The van der Waals surface area contributed by atoms with Gasteiger partial charge < -0.3 is 0 Å². The third-order valence-corrected chi connectivity index (χ3v) is 1.79. The summed E-state index contributed by atoms with van der Waals surface area (Å²) in [5.74, 6) is 0. The summed E-state index contributed by atoms with van der Waals surface area (Å²) in [6.45, 7) is 1.99. The van der Waals surface area contributed by atoms with Gasteiger partial charge in [0.1, 0.15) is 0 Å². The van der Waals surface area contributed by atoms with E-state index in [-0.39, 0.29) is 0 Å². The van der Waals surface area contributed by atoms with Crippen LogP contribution in [0.2, 0.25) is 0 Å². The van der Waals surface area contributed by atoms with E-state index >= 15 is 0 Å². The Bertz CT molecular complexity index is 474. The monoisotopic (exact) mass is 155 g/mol. The molecule has 0 amide bonds. The van der Waals surface area contributed by atoms with E-state index in [0.29, 0.717) is 0 Å². The molecule has 0 aliphatic heterocycles. The average Bonchev–Trinajstić information content (AvgIpc) is 2.28. The van der Waals surface area contributed by atoms with Crippen LogP contribution in [-0.4, -0.2) is 4.98 Å². The fourth-order valence-electron chi connectivity index (χ4n) is 1.19. The Morgan fingerprint density at radius 3 is 3.17 bits per heavy atom. The smallest absolute Gasteiger partial charge is 0.0427 e. The number of fused-ring (bicyclic) bond motifs is 1. The molecule has 12 heavy (non-hydrogen) atoms. The lowest BCUT2D eigenvalue weighted by atomic mass is 10.2. The molecule has 0 saturated carbocycles. The Morgan fingerprint density at radius 1 is 1.33 bits per heavy atom. The summed E-state index contributed by atoms with van der Waals surface area (Å²) < 4.78 is 0. The molecule has 0 spiro atoms. The van der Waals surface area contributed by atoms with Crippen LogP contribution < -0.4 is 10.4 Å². The van der Waals surface area contributed by atoms with Gasteiger partial charge in [-0.2, -0.15) is 0 Å². The van der Waals surface area contributed by atoms with Crippen molar-refractivity contribution in [3.63, 3.8) is 0 Å². The predicted octanol–water partition coefficient (Wildman–Crippen LogP) is 0.676. The van der Waals surface area contributed by atoms with Crippen molar-refractivity contribution >= 4 is 11.8 Å². The molecule has 1 heteroatoms. The molecule has 0 bridgehead atoms. The standard InChI is InChI=1S/C11H9N/c1-9-7-10-5-3-2-4-6-11(10)8-12-9/h2-5,7-8H,1H3. The van der Waals surface area contributed by atoms with Gasteiger partial charge >= 0.3 is 0 Å². The first-order valence-electron chi connectivity index (χ1n) is 3.93. The van der Waals surface area contributed by atoms with E-state index < -0.39 is 0 Å². The second-order valence-corrected chi connectivity index (χ2v) is 2.78. The molecule has 0 fully saturated rings. The molecule has 0 atom stereocenters. The summed E-state index contributed by atoms with van der Waals surface area (Å²) in [7, 11) is 0. The molecule has 0 N–H and O–H groups in total. The molecule has 0 saturated heterocycles. The topological polar surface area (TPSA) is 12.9 Å². The lowest BCUT2D eigenvalue weighted by Crippen LogP contribution is -2.23. The highest BCUT2D eigenvalue weighted by molar-refractivity contribution is 5.44. The van der Waals surface area contributed by atoms with Crippen LogP contribution in [0.15, 0.2) is 30.5 Å². The fraction of sp³-hybridized carbons (Fsp3) is 0.0909. The van der Waals surface area contributed by atoms with Crippen LogP contribution in [0.1, 0.15) is 5.69 Å². The van der Waals surface area contributed by atoms with Gasteiger partial charge in [0.2, 0.25) is 0 Å². The number of allylic oxidation sites excluding steroid dienone is 3. The summed E-state index contributed by atoms with van der Waals surface area (Å²) in [6.07, 6.45) is 9.80. The number of hydrogen-bond acceptors (Lipinski definition) is 1. The number of rotatable bonds is 0. The lowest BCUT2D eigenvalue weighted by molar-refractivity contribution is 1.17. The molecule has 1 aliphatic carbocycles. The molecule has 0 aromatic carbocycles. The predicted molar refractivity (Wildman–Crippen MR) is 49.8 cm³/mol. The normalized spacial score (nSPS) is 12.8. The Labute approximate surface area is 71.1 Å². The molecule has 1 aliphatic rings. The van der Waals surface area contributed by atoms with Crippen LogP contribution in [-0.2, 0) is 0 Å². The van der Waals surface area contributed by atoms with Gasteiger partial charge in [0.05, 0.1) is 0 Å². The number of aryl methyl sites for hydroxylation is 1. The van der Waals surface area contributed by atoms with Gasteiger partial charge in [0, 0.05) is 17.1 Å². The molecular weight excluding hydrogens is 146 g/mol. The van der Waals surface area contributed by atoms with Crippen LogP contribution in [0, 0.1) is 6.92 Å². The van der Waals surface area contributed by atoms with Gasteiger partial charge in [-0.25, -0.2) is 0 Å². The van der Waals surface area contributed by atoms with Gasteiger partial charge in [-0.1, -0.05) is 18.2 Å². The van der Waals surface area contributed by atoms with Crippen LogP contribution in [0.5, 0.6) is 0 Å². The average molecular weight is 155 g/mol. The van der Waals surface area contributed by atoms with Gasteiger partial charge in [0.15, 0.2) is 0 Å². The van der Waals surface area contributed by atoms with Crippen LogP contribution in [0.3, 0.4) is 0 Å². The molecule has 2 rings (SSSR count). The minimum Gasteiger partial charge on any atom is -0.260 e. The third kappa shape index (κ3) is 1.23. The fourth-order valence-corrected chi connectivity index (χ4v) is 1.19. The summed E-state index contributed by atoms with van der Waals surface area (Å²) in [4.78, 5) is 4.20. The molecule has 1 nitrogen and oxygen atoms in total. The first-order chi connectivity index (χ1) is 5.86. The molecular formula is C11H9N. The van der Waals surface area contributed by atoms with Crippen LogP contribution in [0.25, 0.3) is 11.8 Å². The van der Waals surface area contributed by atoms with E-state index in [9.17, 15) is 0 Å². The molecule has 0 radical (unpaired) electrons. The second-order valence-electron chi connectivity index (χ2n) is 2.78. The first-order valence-corrected chi connectivity index (χ1v) is 3.93. The van der Waals surface area contributed by atoms with Gasteiger partial charge in [-0.05, 0) is 24.3 Å². The van der Waals surface area contributed by atoms with E-state index in [4.69, 9.17) is 0 Å². The maximum Gasteiger partial charge on any atom is 0.0427 e. The Kier molecular flexibility index (Phi) is 1.65. The largest absolute Gasteiger partial charge is 0.260 e.